The second kappa shape index (κ2) is 17.0. The van der Waals surface area contributed by atoms with Gasteiger partial charge in [-0.15, -0.1) is 16.8 Å². The van der Waals surface area contributed by atoms with E-state index in [0.29, 0.717) is 31.9 Å². The molecule has 2 aliphatic heterocycles. The number of likely N-dealkylation sites (tertiary alicyclic amines) is 1. The minimum atomic E-state index is -3.82. The number of ether oxygens (including phenoxy) is 2. The van der Waals surface area contributed by atoms with Gasteiger partial charge in [0, 0.05) is 39.2 Å². The highest BCUT2D eigenvalue weighted by Gasteiger charge is 2.42. The molecule has 3 amide bonds. The van der Waals surface area contributed by atoms with Crippen LogP contribution in [0.1, 0.15) is 39.0 Å². The number of carbonyl (C=O) groups excluding carboxylic acids is 3. The van der Waals surface area contributed by atoms with E-state index >= 15 is 0 Å². The van der Waals surface area contributed by atoms with E-state index in [4.69, 9.17) is 26.7 Å². The molecule has 222 valence electrons. The maximum absolute atomic E-state index is 12.6. The zero-order valence-electron chi connectivity index (χ0n) is 22.3. The van der Waals surface area contributed by atoms with Gasteiger partial charge in [-0.25, -0.2) is 0 Å². The fraction of sp³-hybridized carbons (Fsp3) is 0.864. The number of aliphatic hydroxyl groups is 2. The Kier molecular flexibility index (Phi) is 14.9. The number of hydrogen-bond acceptors (Lipinski definition) is 12. The lowest BCUT2D eigenvalue weighted by molar-refractivity contribution is -0.367. The number of thioether (sulfide) groups is 1. The summed E-state index contributed by atoms with van der Waals surface area (Å²) in [7, 11) is 1.88. The van der Waals surface area contributed by atoms with Crippen molar-refractivity contribution >= 4 is 44.9 Å². The summed E-state index contributed by atoms with van der Waals surface area (Å²) in [5.74, 6) is -0.490. The Morgan fingerprint density at radius 1 is 1.23 bits per heavy atom. The van der Waals surface area contributed by atoms with E-state index in [1.165, 1.54) is 11.8 Å². The Labute approximate surface area is 233 Å². The Morgan fingerprint density at radius 2 is 1.97 bits per heavy atom. The smallest absolute Gasteiger partial charge is 0.325 e. The number of aliphatic hydroxyl groups excluding tert-OH is 2. The first kappa shape index (κ1) is 34.1. The van der Waals surface area contributed by atoms with E-state index in [1.807, 2.05) is 0 Å². The van der Waals surface area contributed by atoms with Gasteiger partial charge in [0.25, 0.3) is 0 Å². The second-order valence-corrected chi connectivity index (χ2v) is 12.3. The number of hydrogen-bond donors (Lipinski definition) is 4. The van der Waals surface area contributed by atoms with E-state index in [-0.39, 0.29) is 43.7 Å². The average Bonchev–Trinajstić information content (AvgIpc) is 3.14. The van der Waals surface area contributed by atoms with Crippen LogP contribution in [0, 0.1) is 0 Å². The molecular weight excluding hydrogens is 556 g/mol. The molecule has 0 aromatic heterocycles. The third kappa shape index (κ3) is 11.8. The summed E-state index contributed by atoms with van der Waals surface area (Å²) in [6.45, 7) is 4.06. The molecule has 0 aromatic rings. The highest BCUT2D eigenvalue weighted by molar-refractivity contribution is 8.00. The van der Waals surface area contributed by atoms with Gasteiger partial charge in [0.1, 0.15) is 20.2 Å². The van der Waals surface area contributed by atoms with E-state index in [1.54, 1.807) is 0 Å². The Morgan fingerprint density at radius 3 is 2.67 bits per heavy atom. The summed E-state index contributed by atoms with van der Waals surface area (Å²) < 4.78 is 26.7. The van der Waals surface area contributed by atoms with Crippen LogP contribution in [0.4, 0.5) is 0 Å². The standard InChI is InChI=1S/C22H39BN3O11PS/c1-3-4-9-34-11-7-24-17(27)6-8-25-18(28)13-16(21(25)30)39-12-5-10-35-26-20(29)15(14-36-38(2,32)33)37-19(23)22(26)31/h15-16,19-20,22,29,31H,3-14H2,1-2H3,(H,24,27)(H,32,33). The molecule has 2 fully saturated rings. The summed E-state index contributed by atoms with van der Waals surface area (Å²) in [6.07, 6.45) is -1.71. The molecule has 0 aliphatic carbocycles. The van der Waals surface area contributed by atoms with Crippen molar-refractivity contribution in [1.82, 2.24) is 15.3 Å². The molecule has 0 spiro atoms. The van der Waals surface area contributed by atoms with Gasteiger partial charge in [-0.1, -0.05) is 13.3 Å². The number of hydroxylamine groups is 2. The maximum Gasteiger partial charge on any atom is 0.325 e. The van der Waals surface area contributed by atoms with Gasteiger partial charge in [-0.05, 0) is 18.6 Å². The van der Waals surface area contributed by atoms with Gasteiger partial charge in [0.05, 0.1) is 31.1 Å². The van der Waals surface area contributed by atoms with Crippen LogP contribution in [0.3, 0.4) is 0 Å². The molecule has 0 aromatic carbocycles. The molecule has 2 saturated heterocycles. The molecule has 4 N–H and O–H groups in total. The van der Waals surface area contributed by atoms with Crippen molar-refractivity contribution in [2.24, 2.45) is 0 Å². The van der Waals surface area contributed by atoms with Crippen LogP contribution in [0.25, 0.3) is 0 Å². The highest BCUT2D eigenvalue weighted by atomic mass is 32.2. The fourth-order valence-corrected chi connectivity index (χ4v) is 5.21. The summed E-state index contributed by atoms with van der Waals surface area (Å²) in [5.41, 5.74) is 0. The molecule has 39 heavy (non-hydrogen) atoms. The van der Waals surface area contributed by atoms with Crippen LogP contribution in [-0.4, -0.2) is 132 Å². The fourth-order valence-electron chi connectivity index (χ4n) is 3.68. The Hall–Kier alpha value is -1.07. The number of nitrogens with zero attached hydrogens (tertiary/aromatic N) is 2. The lowest BCUT2D eigenvalue weighted by atomic mass is 9.96. The molecular formula is C22H39BN3O11PS. The molecule has 2 radical (unpaired) electrons. The van der Waals surface area contributed by atoms with Crippen LogP contribution in [0.2, 0.25) is 0 Å². The number of morpholine rings is 1. The van der Waals surface area contributed by atoms with E-state index < -0.39 is 44.0 Å². The first-order chi connectivity index (χ1) is 18.4. The van der Waals surface area contributed by atoms with Gasteiger partial charge >= 0.3 is 7.60 Å². The zero-order valence-corrected chi connectivity index (χ0v) is 24.0. The first-order valence-corrected chi connectivity index (χ1v) is 16.0. The van der Waals surface area contributed by atoms with Crippen molar-refractivity contribution in [1.29, 1.82) is 0 Å². The summed E-state index contributed by atoms with van der Waals surface area (Å²) >= 11 is 1.28. The molecule has 2 rings (SSSR count). The number of amides is 3. The number of imide groups is 1. The van der Waals surface area contributed by atoms with Gasteiger partial charge in [-0.3, -0.25) is 28.7 Å². The molecule has 14 nitrogen and oxygen atoms in total. The van der Waals surface area contributed by atoms with Crippen molar-refractivity contribution in [2.75, 3.05) is 51.9 Å². The van der Waals surface area contributed by atoms with Crippen LogP contribution < -0.4 is 5.32 Å². The van der Waals surface area contributed by atoms with Crippen molar-refractivity contribution in [3.8, 4) is 0 Å². The first-order valence-electron chi connectivity index (χ1n) is 12.9. The van der Waals surface area contributed by atoms with Gasteiger partial charge < -0.3 is 34.4 Å². The quantitative estimate of drug-likeness (QED) is 0.0666. The summed E-state index contributed by atoms with van der Waals surface area (Å²) in [4.78, 5) is 52.8. The number of carbonyl (C=O) groups is 3. The van der Waals surface area contributed by atoms with E-state index in [2.05, 4.69) is 12.2 Å². The van der Waals surface area contributed by atoms with E-state index in [0.717, 1.165) is 29.5 Å². The normalized spacial score (nSPS) is 27.6. The predicted molar refractivity (Wildman–Crippen MR) is 141 cm³/mol. The third-order valence-electron chi connectivity index (χ3n) is 5.78. The second-order valence-electron chi connectivity index (χ2n) is 9.12. The molecule has 6 unspecified atom stereocenters. The molecule has 6 atom stereocenters. The minimum absolute atomic E-state index is 0.0159. The lowest BCUT2D eigenvalue weighted by Crippen LogP contribution is -2.61. The predicted octanol–water partition coefficient (Wildman–Crippen LogP) is -0.844. The van der Waals surface area contributed by atoms with Crippen molar-refractivity contribution < 1.29 is 52.9 Å². The summed E-state index contributed by atoms with van der Waals surface area (Å²) in [6, 6.07) is -1.26. The number of unbranched alkanes of at least 4 members (excludes halogenated alkanes) is 1. The zero-order chi connectivity index (χ0) is 29.0. The largest absolute Gasteiger partial charge is 0.380 e. The molecule has 0 bridgehead atoms. The molecule has 2 heterocycles. The number of nitrogens with one attached hydrogen (secondary N) is 1. The Bertz CT molecular complexity index is 854. The van der Waals surface area contributed by atoms with Gasteiger partial charge in [-0.2, -0.15) is 0 Å². The van der Waals surface area contributed by atoms with Gasteiger partial charge in [0.15, 0.2) is 6.23 Å². The highest BCUT2D eigenvalue weighted by Crippen LogP contribution is 2.37. The average molecular weight is 595 g/mol. The summed E-state index contributed by atoms with van der Waals surface area (Å²) in [5, 5.41) is 23.5. The van der Waals surface area contributed by atoms with E-state index in [9.17, 15) is 34.1 Å². The molecule has 2 aliphatic rings. The van der Waals surface area contributed by atoms with Crippen molar-refractivity contribution in [3.63, 3.8) is 0 Å². The Balaban J connectivity index is 1.67. The SMILES string of the molecule is [B]C1OC(COP(C)(=O)O)C(O)N(OCCCSC2CC(=O)N(CCC(=O)NCCOCCCC)C2=O)C1O. The lowest BCUT2D eigenvalue weighted by Gasteiger charge is -2.43. The van der Waals surface area contributed by atoms with Crippen LogP contribution in [0.5, 0.6) is 0 Å². The monoisotopic (exact) mass is 595 g/mol. The third-order valence-corrected chi connectivity index (χ3v) is 7.71. The maximum atomic E-state index is 12.6. The van der Waals surface area contributed by atoms with Crippen LogP contribution in [0.15, 0.2) is 0 Å². The minimum Gasteiger partial charge on any atom is -0.380 e. The number of rotatable bonds is 18. The van der Waals surface area contributed by atoms with Crippen molar-refractivity contribution in [3.05, 3.63) is 0 Å². The topological polar surface area (TPSA) is 184 Å². The van der Waals surface area contributed by atoms with Crippen molar-refractivity contribution in [2.45, 2.75) is 68.8 Å². The van der Waals surface area contributed by atoms with Crippen LogP contribution >= 0.6 is 19.4 Å². The molecule has 0 saturated carbocycles. The molecule has 17 heteroatoms. The van der Waals surface area contributed by atoms with Gasteiger partial charge in [0.2, 0.25) is 17.7 Å². The van der Waals surface area contributed by atoms with Crippen LogP contribution in [-0.2, 0) is 37.8 Å².